The zero-order valence-corrected chi connectivity index (χ0v) is 15.5. The third kappa shape index (κ3) is 5.33. The van der Waals surface area contributed by atoms with Gasteiger partial charge in [0.2, 0.25) is 0 Å². The summed E-state index contributed by atoms with van der Waals surface area (Å²) in [4.78, 5) is 27.0. The summed E-state index contributed by atoms with van der Waals surface area (Å²) in [5.41, 5.74) is 1.79. The highest BCUT2D eigenvalue weighted by Gasteiger charge is 2.13. The molecule has 0 aliphatic rings. The molecule has 0 aliphatic heterocycles. The van der Waals surface area contributed by atoms with Crippen molar-refractivity contribution < 1.29 is 9.59 Å². The monoisotopic (exact) mass is 361 g/mol. The molecule has 0 bridgehead atoms. The topological polar surface area (TPSA) is 87.2 Å². The Hall–Kier alpha value is -2.32. The number of carbonyl (C=O) groups excluding carboxylic acids is 2. The fourth-order valence-corrected chi connectivity index (χ4v) is 2.85. The van der Waals surface area contributed by atoms with Crippen LogP contribution in [0.2, 0.25) is 0 Å². The molecule has 0 radical (unpaired) electrons. The molecule has 2 amide bonds. The zero-order chi connectivity index (χ0) is 18.2. The molecule has 1 aromatic carbocycles. The Kier molecular flexibility index (Phi) is 7.03. The van der Waals surface area contributed by atoms with Gasteiger partial charge in [-0.2, -0.15) is 0 Å². The summed E-state index contributed by atoms with van der Waals surface area (Å²) >= 11 is 1.06. The number of anilines is 1. The van der Waals surface area contributed by atoms with E-state index in [0.29, 0.717) is 28.4 Å². The Balaban J connectivity index is 1.87. The molecule has 1 heterocycles. The maximum absolute atomic E-state index is 12.1. The van der Waals surface area contributed by atoms with Crippen LogP contribution in [0.4, 0.5) is 5.69 Å². The van der Waals surface area contributed by atoms with Crippen LogP contribution in [-0.4, -0.2) is 52.5 Å². The van der Waals surface area contributed by atoms with Gasteiger partial charge < -0.3 is 15.5 Å². The number of carbonyl (C=O) groups is 2. The van der Waals surface area contributed by atoms with Crippen molar-refractivity contribution in [3.63, 3.8) is 0 Å². The Morgan fingerprint density at radius 1 is 1.12 bits per heavy atom. The first-order valence-corrected chi connectivity index (χ1v) is 9.03. The van der Waals surface area contributed by atoms with Crippen LogP contribution in [0.5, 0.6) is 0 Å². The summed E-state index contributed by atoms with van der Waals surface area (Å²) in [5, 5.41) is 9.50. The normalized spacial score (nSPS) is 10.7. The van der Waals surface area contributed by atoms with Crippen LogP contribution in [-0.2, 0) is 0 Å². The van der Waals surface area contributed by atoms with E-state index in [0.717, 1.165) is 31.2 Å². The number of likely N-dealkylation sites (N-methyl/N-ethyl adjacent to an activating group) is 1. The maximum Gasteiger partial charge on any atom is 0.269 e. The predicted molar refractivity (Wildman–Crippen MR) is 99.2 cm³/mol. The van der Waals surface area contributed by atoms with Crippen molar-refractivity contribution in [2.45, 2.75) is 20.8 Å². The van der Waals surface area contributed by atoms with Gasteiger partial charge in [0.15, 0.2) is 0 Å². The van der Waals surface area contributed by atoms with Crippen molar-refractivity contribution in [1.82, 2.24) is 19.8 Å². The van der Waals surface area contributed by atoms with Crippen molar-refractivity contribution in [1.29, 1.82) is 0 Å². The summed E-state index contributed by atoms with van der Waals surface area (Å²) in [7, 11) is 0. The van der Waals surface area contributed by atoms with E-state index in [1.54, 1.807) is 31.2 Å². The quantitative estimate of drug-likeness (QED) is 0.752. The molecule has 0 fully saturated rings. The largest absolute Gasteiger partial charge is 0.351 e. The van der Waals surface area contributed by atoms with Crippen LogP contribution >= 0.6 is 11.5 Å². The first-order chi connectivity index (χ1) is 12.0. The fraction of sp³-hybridized carbons (Fsp3) is 0.412. The van der Waals surface area contributed by atoms with Gasteiger partial charge in [0.25, 0.3) is 11.8 Å². The molecule has 2 rings (SSSR count). The number of nitrogens with zero attached hydrogens (tertiary/aromatic N) is 3. The summed E-state index contributed by atoms with van der Waals surface area (Å²) < 4.78 is 3.75. The van der Waals surface area contributed by atoms with Crippen LogP contribution in [0.15, 0.2) is 24.3 Å². The molecule has 7 nitrogen and oxygen atoms in total. The van der Waals surface area contributed by atoms with Gasteiger partial charge in [0.05, 0.1) is 5.69 Å². The van der Waals surface area contributed by atoms with E-state index in [1.807, 2.05) is 0 Å². The Morgan fingerprint density at radius 2 is 1.80 bits per heavy atom. The Labute approximate surface area is 151 Å². The number of hydrogen-bond donors (Lipinski definition) is 2. The van der Waals surface area contributed by atoms with Gasteiger partial charge in [-0.25, -0.2) is 0 Å². The number of benzene rings is 1. The lowest BCUT2D eigenvalue weighted by molar-refractivity contribution is 0.0948. The van der Waals surface area contributed by atoms with Gasteiger partial charge in [-0.1, -0.05) is 18.3 Å². The molecule has 0 saturated heterocycles. The molecule has 2 aromatic rings. The van der Waals surface area contributed by atoms with Gasteiger partial charge in [-0.05, 0) is 55.8 Å². The number of hydrogen-bond acceptors (Lipinski definition) is 6. The van der Waals surface area contributed by atoms with Gasteiger partial charge in [0.1, 0.15) is 4.88 Å². The highest BCUT2D eigenvalue weighted by Crippen LogP contribution is 2.14. The number of rotatable bonds is 8. The molecule has 1 aromatic heterocycles. The van der Waals surface area contributed by atoms with E-state index in [4.69, 9.17) is 0 Å². The van der Waals surface area contributed by atoms with Crippen LogP contribution in [0, 0.1) is 6.92 Å². The molecule has 2 N–H and O–H groups in total. The number of aryl methyl sites for hydroxylation is 1. The minimum atomic E-state index is -0.246. The van der Waals surface area contributed by atoms with Crippen molar-refractivity contribution in [2.75, 3.05) is 31.5 Å². The molecule has 8 heteroatoms. The molecule has 0 spiro atoms. The second-order valence-corrected chi connectivity index (χ2v) is 6.26. The molecule has 0 saturated carbocycles. The van der Waals surface area contributed by atoms with E-state index >= 15 is 0 Å². The number of aromatic nitrogens is 2. The highest BCUT2D eigenvalue weighted by molar-refractivity contribution is 7.08. The van der Waals surface area contributed by atoms with Crippen LogP contribution in [0.3, 0.4) is 0 Å². The first kappa shape index (κ1) is 19.0. The second kappa shape index (κ2) is 9.24. The summed E-state index contributed by atoms with van der Waals surface area (Å²) in [6.07, 6.45) is 0. The molecular formula is C17H23N5O2S. The Morgan fingerprint density at radius 3 is 2.36 bits per heavy atom. The molecule has 0 unspecified atom stereocenters. The zero-order valence-electron chi connectivity index (χ0n) is 14.7. The first-order valence-electron chi connectivity index (χ1n) is 8.26. The predicted octanol–water partition coefficient (Wildman–Crippen LogP) is 2.17. The van der Waals surface area contributed by atoms with Gasteiger partial charge in [-0.3, -0.25) is 9.59 Å². The van der Waals surface area contributed by atoms with Gasteiger partial charge in [-0.15, -0.1) is 5.10 Å². The average molecular weight is 361 g/mol. The van der Waals surface area contributed by atoms with Gasteiger partial charge >= 0.3 is 0 Å². The SMILES string of the molecule is CCN(CC)CCNC(=O)c1ccc(NC(=O)c2snnc2C)cc1. The van der Waals surface area contributed by atoms with Crippen LogP contribution < -0.4 is 10.6 Å². The van der Waals surface area contributed by atoms with Crippen LogP contribution in [0.25, 0.3) is 0 Å². The number of amides is 2. The van der Waals surface area contributed by atoms with Crippen molar-refractivity contribution >= 4 is 29.0 Å². The standard InChI is InChI=1S/C17H23N5O2S/c1-4-22(5-2)11-10-18-16(23)13-6-8-14(9-7-13)19-17(24)15-12(3)20-21-25-15/h6-9H,4-5,10-11H2,1-3H3,(H,18,23)(H,19,24). The molecule has 25 heavy (non-hydrogen) atoms. The van der Waals surface area contributed by atoms with Crippen molar-refractivity contribution in [3.8, 4) is 0 Å². The van der Waals surface area contributed by atoms with E-state index in [1.165, 1.54) is 0 Å². The summed E-state index contributed by atoms with van der Waals surface area (Å²) in [6.45, 7) is 9.31. The highest BCUT2D eigenvalue weighted by atomic mass is 32.1. The lowest BCUT2D eigenvalue weighted by Crippen LogP contribution is -2.34. The average Bonchev–Trinajstić information content (AvgIpc) is 3.05. The van der Waals surface area contributed by atoms with Crippen molar-refractivity contribution in [3.05, 3.63) is 40.4 Å². The third-order valence-corrected chi connectivity index (χ3v) is 4.70. The van der Waals surface area contributed by atoms with E-state index in [2.05, 4.69) is 39.0 Å². The maximum atomic E-state index is 12.1. The Bertz CT molecular complexity index is 710. The summed E-state index contributed by atoms with van der Waals surface area (Å²) in [6, 6.07) is 6.81. The van der Waals surface area contributed by atoms with Crippen molar-refractivity contribution in [2.24, 2.45) is 0 Å². The molecule has 134 valence electrons. The number of nitrogens with one attached hydrogen (secondary N) is 2. The second-order valence-electron chi connectivity index (χ2n) is 5.50. The molecule has 0 aliphatic carbocycles. The minimum absolute atomic E-state index is 0.118. The smallest absolute Gasteiger partial charge is 0.269 e. The minimum Gasteiger partial charge on any atom is -0.351 e. The lowest BCUT2D eigenvalue weighted by atomic mass is 10.2. The van der Waals surface area contributed by atoms with Crippen LogP contribution in [0.1, 0.15) is 39.6 Å². The molecule has 0 atom stereocenters. The fourth-order valence-electron chi connectivity index (χ4n) is 2.30. The van der Waals surface area contributed by atoms with Gasteiger partial charge in [0, 0.05) is 24.3 Å². The summed E-state index contributed by atoms with van der Waals surface area (Å²) in [5.74, 6) is -0.364. The van der Waals surface area contributed by atoms with E-state index in [-0.39, 0.29) is 11.8 Å². The lowest BCUT2D eigenvalue weighted by Gasteiger charge is -2.17. The van der Waals surface area contributed by atoms with E-state index in [9.17, 15) is 9.59 Å². The third-order valence-electron chi connectivity index (χ3n) is 3.87. The van der Waals surface area contributed by atoms with E-state index < -0.39 is 0 Å². The molecular weight excluding hydrogens is 338 g/mol.